The number of benzene rings is 1. The fraction of sp³-hybridized carbons (Fsp3) is 0.609. The maximum atomic E-state index is 12.3. The summed E-state index contributed by atoms with van der Waals surface area (Å²) in [7, 11) is 0. The zero-order valence-electron chi connectivity index (χ0n) is 17.5. The summed E-state index contributed by atoms with van der Waals surface area (Å²) in [5.41, 5.74) is 4.10. The first-order valence-electron chi connectivity index (χ1n) is 10.2. The van der Waals surface area contributed by atoms with E-state index in [1.165, 1.54) is 23.2 Å². The number of amides is 1. The standard InChI is InChI=1S/C23H34N2O2/c1-22(2,3)27-21(26)25-16-14-24(15-17-25)20-9-7-6-8-19(20)18-10-12-23(4,5)13-11-18/h6-10H,11-17H2,1-5H3. The van der Waals surface area contributed by atoms with Gasteiger partial charge in [-0.3, -0.25) is 0 Å². The molecule has 2 aliphatic rings. The topological polar surface area (TPSA) is 32.8 Å². The molecule has 1 aliphatic carbocycles. The largest absolute Gasteiger partial charge is 0.444 e. The molecule has 1 aromatic rings. The van der Waals surface area contributed by atoms with Gasteiger partial charge in [0, 0.05) is 37.4 Å². The highest BCUT2D eigenvalue weighted by atomic mass is 16.6. The van der Waals surface area contributed by atoms with Crippen LogP contribution in [0, 0.1) is 5.41 Å². The van der Waals surface area contributed by atoms with Crippen LogP contribution in [0.3, 0.4) is 0 Å². The van der Waals surface area contributed by atoms with E-state index < -0.39 is 5.60 Å². The van der Waals surface area contributed by atoms with Crippen molar-refractivity contribution in [3.63, 3.8) is 0 Å². The van der Waals surface area contributed by atoms with Gasteiger partial charge >= 0.3 is 6.09 Å². The number of hydrogen-bond acceptors (Lipinski definition) is 3. The van der Waals surface area contributed by atoms with Gasteiger partial charge in [0.1, 0.15) is 5.60 Å². The lowest BCUT2D eigenvalue weighted by atomic mass is 9.77. The third-order valence-electron chi connectivity index (χ3n) is 5.49. The Labute approximate surface area is 164 Å². The van der Waals surface area contributed by atoms with Crippen LogP contribution in [0.15, 0.2) is 30.3 Å². The van der Waals surface area contributed by atoms with Gasteiger partial charge in [-0.1, -0.05) is 38.1 Å². The van der Waals surface area contributed by atoms with Crippen molar-refractivity contribution in [2.24, 2.45) is 5.41 Å². The number of para-hydroxylation sites is 1. The Hall–Kier alpha value is -1.97. The second kappa shape index (κ2) is 7.57. The fourth-order valence-electron chi connectivity index (χ4n) is 3.80. The van der Waals surface area contributed by atoms with Crippen LogP contribution >= 0.6 is 0 Å². The lowest BCUT2D eigenvalue weighted by Gasteiger charge is -2.38. The van der Waals surface area contributed by atoms with Gasteiger partial charge in [0.2, 0.25) is 0 Å². The molecule has 3 rings (SSSR count). The molecular formula is C23H34N2O2. The summed E-state index contributed by atoms with van der Waals surface area (Å²) in [6, 6.07) is 8.72. The molecule has 4 nitrogen and oxygen atoms in total. The molecule has 0 N–H and O–H groups in total. The van der Waals surface area contributed by atoms with Gasteiger partial charge in [0.25, 0.3) is 0 Å². The first-order valence-corrected chi connectivity index (χ1v) is 10.2. The number of allylic oxidation sites excluding steroid dienone is 2. The molecule has 0 radical (unpaired) electrons. The molecule has 1 heterocycles. The van der Waals surface area contributed by atoms with Crippen molar-refractivity contribution in [3.8, 4) is 0 Å². The van der Waals surface area contributed by atoms with Crippen LogP contribution in [0.2, 0.25) is 0 Å². The molecule has 4 heteroatoms. The van der Waals surface area contributed by atoms with E-state index in [2.05, 4.69) is 49.1 Å². The van der Waals surface area contributed by atoms with Gasteiger partial charge in [-0.15, -0.1) is 0 Å². The molecule has 0 bridgehead atoms. The number of carbonyl (C=O) groups excluding carboxylic acids is 1. The lowest BCUT2D eigenvalue weighted by molar-refractivity contribution is 0.0240. The minimum absolute atomic E-state index is 0.201. The molecule has 27 heavy (non-hydrogen) atoms. The summed E-state index contributed by atoms with van der Waals surface area (Å²) in [5.74, 6) is 0. The summed E-state index contributed by atoms with van der Waals surface area (Å²) < 4.78 is 5.52. The first-order chi connectivity index (χ1) is 12.6. The number of ether oxygens (including phenoxy) is 1. The number of carbonyl (C=O) groups is 1. The lowest BCUT2D eigenvalue weighted by Crippen LogP contribution is -2.50. The first kappa shape index (κ1) is 19.8. The zero-order valence-corrected chi connectivity index (χ0v) is 17.5. The molecule has 0 saturated carbocycles. The van der Waals surface area contributed by atoms with E-state index >= 15 is 0 Å². The van der Waals surface area contributed by atoms with E-state index in [1.807, 2.05) is 25.7 Å². The highest BCUT2D eigenvalue weighted by Crippen LogP contribution is 2.40. The smallest absolute Gasteiger partial charge is 0.410 e. The molecular weight excluding hydrogens is 336 g/mol. The second-order valence-electron chi connectivity index (χ2n) is 9.57. The summed E-state index contributed by atoms with van der Waals surface area (Å²) in [6.07, 6.45) is 5.75. The maximum Gasteiger partial charge on any atom is 0.410 e. The van der Waals surface area contributed by atoms with Crippen LogP contribution in [-0.4, -0.2) is 42.8 Å². The molecule has 1 aliphatic heterocycles. The van der Waals surface area contributed by atoms with Crippen LogP contribution < -0.4 is 4.90 Å². The Bertz CT molecular complexity index is 707. The number of nitrogens with zero attached hydrogens (tertiary/aromatic N) is 2. The second-order valence-corrected chi connectivity index (χ2v) is 9.57. The number of hydrogen-bond donors (Lipinski definition) is 0. The quantitative estimate of drug-likeness (QED) is 0.705. The third-order valence-corrected chi connectivity index (χ3v) is 5.49. The Morgan fingerprint density at radius 1 is 1.07 bits per heavy atom. The van der Waals surface area contributed by atoms with Gasteiger partial charge in [-0.25, -0.2) is 4.79 Å². The molecule has 1 fully saturated rings. The Balaban J connectivity index is 1.69. The molecule has 0 unspecified atom stereocenters. The number of rotatable bonds is 2. The molecule has 1 amide bonds. The molecule has 1 aromatic carbocycles. The van der Waals surface area contributed by atoms with Crippen LogP contribution in [0.1, 0.15) is 59.4 Å². The van der Waals surface area contributed by atoms with Crippen molar-refractivity contribution in [2.45, 2.75) is 59.5 Å². The van der Waals surface area contributed by atoms with Gasteiger partial charge in [-0.05, 0) is 57.1 Å². The van der Waals surface area contributed by atoms with Crippen molar-refractivity contribution in [2.75, 3.05) is 31.1 Å². The van der Waals surface area contributed by atoms with E-state index in [0.717, 1.165) is 25.9 Å². The minimum atomic E-state index is -0.442. The van der Waals surface area contributed by atoms with E-state index in [1.54, 1.807) is 0 Å². The number of anilines is 1. The molecule has 0 spiro atoms. The summed E-state index contributed by atoms with van der Waals surface area (Å²) in [5, 5.41) is 0. The van der Waals surface area contributed by atoms with Crippen molar-refractivity contribution >= 4 is 17.4 Å². The SMILES string of the molecule is CC1(C)CC=C(c2ccccc2N2CCN(C(=O)OC(C)(C)C)CC2)CC1. The predicted octanol–water partition coefficient (Wildman–Crippen LogP) is 5.34. The highest BCUT2D eigenvalue weighted by molar-refractivity contribution is 5.78. The highest BCUT2D eigenvalue weighted by Gasteiger charge is 2.28. The Kier molecular flexibility index (Phi) is 5.55. The Morgan fingerprint density at radius 2 is 1.74 bits per heavy atom. The maximum absolute atomic E-state index is 12.3. The van der Waals surface area contributed by atoms with Crippen LogP contribution in [0.4, 0.5) is 10.5 Å². The molecule has 0 atom stereocenters. The van der Waals surface area contributed by atoms with Crippen LogP contribution in [-0.2, 0) is 4.74 Å². The van der Waals surface area contributed by atoms with E-state index in [-0.39, 0.29) is 6.09 Å². The normalized spacial score (nSPS) is 20.3. The summed E-state index contributed by atoms with van der Waals surface area (Å²) in [6.45, 7) is 13.5. The van der Waals surface area contributed by atoms with E-state index in [4.69, 9.17) is 4.74 Å². The van der Waals surface area contributed by atoms with Gasteiger partial charge < -0.3 is 14.5 Å². The van der Waals surface area contributed by atoms with Gasteiger partial charge in [-0.2, -0.15) is 0 Å². The molecule has 148 valence electrons. The van der Waals surface area contributed by atoms with Crippen molar-refractivity contribution < 1.29 is 9.53 Å². The average Bonchev–Trinajstić information content (AvgIpc) is 2.60. The molecule has 1 saturated heterocycles. The summed E-state index contributed by atoms with van der Waals surface area (Å²) >= 11 is 0. The average molecular weight is 371 g/mol. The monoisotopic (exact) mass is 370 g/mol. The van der Waals surface area contributed by atoms with Gasteiger partial charge in [0.05, 0.1) is 0 Å². The zero-order chi connectivity index (χ0) is 19.7. The van der Waals surface area contributed by atoms with Crippen LogP contribution in [0.25, 0.3) is 5.57 Å². The van der Waals surface area contributed by atoms with Crippen molar-refractivity contribution in [1.29, 1.82) is 0 Å². The fourth-order valence-corrected chi connectivity index (χ4v) is 3.80. The van der Waals surface area contributed by atoms with E-state index in [9.17, 15) is 4.79 Å². The summed E-state index contributed by atoms with van der Waals surface area (Å²) in [4.78, 5) is 16.5. The van der Waals surface area contributed by atoms with E-state index in [0.29, 0.717) is 18.5 Å². The Morgan fingerprint density at radius 3 is 2.33 bits per heavy atom. The molecule has 0 aromatic heterocycles. The minimum Gasteiger partial charge on any atom is -0.444 e. The van der Waals surface area contributed by atoms with Crippen molar-refractivity contribution in [3.05, 3.63) is 35.9 Å². The third kappa shape index (κ3) is 5.06. The van der Waals surface area contributed by atoms with Gasteiger partial charge in [0.15, 0.2) is 0 Å². The van der Waals surface area contributed by atoms with Crippen molar-refractivity contribution in [1.82, 2.24) is 4.90 Å². The predicted molar refractivity (Wildman–Crippen MR) is 112 cm³/mol. The number of piperazine rings is 1. The van der Waals surface area contributed by atoms with Crippen LogP contribution in [0.5, 0.6) is 0 Å².